The van der Waals surface area contributed by atoms with Crippen molar-refractivity contribution in [2.75, 3.05) is 26.0 Å². The van der Waals surface area contributed by atoms with E-state index in [-0.39, 0.29) is 17.4 Å². The number of aryl methyl sites for hydroxylation is 1. The van der Waals surface area contributed by atoms with E-state index >= 15 is 0 Å². The first-order valence-corrected chi connectivity index (χ1v) is 9.32. The van der Waals surface area contributed by atoms with Crippen LogP contribution in [0.1, 0.15) is 27.8 Å². The summed E-state index contributed by atoms with van der Waals surface area (Å²) in [4.78, 5) is 18.7. The molecule has 24 heavy (non-hydrogen) atoms. The van der Waals surface area contributed by atoms with Crippen molar-refractivity contribution in [3.63, 3.8) is 0 Å². The van der Waals surface area contributed by atoms with E-state index in [4.69, 9.17) is 4.74 Å². The Morgan fingerprint density at radius 2 is 2.25 bits per heavy atom. The van der Waals surface area contributed by atoms with E-state index in [0.29, 0.717) is 24.5 Å². The van der Waals surface area contributed by atoms with Crippen LogP contribution in [0.4, 0.5) is 0 Å². The summed E-state index contributed by atoms with van der Waals surface area (Å²) in [5.74, 6) is -0.254. The lowest BCUT2D eigenvalue weighted by molar-refractivity contribution is -0.00503. The topological polar surface area (TPSA) is 105 Å². The van der Waals surface area contributed by atoms with Crippen molar-refractivity contribution in [1.82, 2.24) is 20.1 Å². The van der Waals surface area contributed by atoms with Crippen LogP contribution in [0.15, 0.2) is 29.4 Å². The second-order valence-corrected chi connectivity index (χ2v) is 7.66. The predicted octanol–water partition coefficient (Wildman–Crippen LogP) is 0.730. The van der Waals surface area contributed by atoms with Gasteiger partial charge >= 0.3 is 0 Å². The molecule has 2 aromatic heterocycles. The van der Waals surface area contributed by atoms with Gasteiger partial charge in [0.2, 0.25) is 0 Å². The highest BCUT2D eigenvalue weighted by Crippen LogP contribution is 2.29. The Morgan fingerprint density at radius 1 is 1.46 bits per heavy atom. The minimum atomic E-state index is -3.46. The van der Waals surface area contributed by atoms with E-state index in [2.05, 4.69) is 15.2 Å². The molecule has 3 rings (SSSR count). The largest absolute Gasteiger partial charge is 0.377 e. The molecule has 1 unspecified atom stereocenters. The number of ether oxygens (including phenoxy) is 1. The molecular weight excluding hydrogens is 332 g/mol. The van der Waals surface area contributed by atoms with Crippen molar-refractivity contribution in [2.45, 2.75) is 17.9 Å². The SMILES string of the molecule is Cc1cccnc1C(=O)N1CCOCC1c1[nH]ncc1S(C)(=O)=O. The number of hydrogen-bond acceptors (Lipinski definition) is 6. The summed E-state index contributed by atoms with van der Waals surface area (Å²) in [5, 5.41) is 6.54. The fraction of sp³-hybridized carbons (Fsp3) is 0.400. The third-order valence-electron chi connectivity index (χ3n) is 3.97. The smallest absolute Gasteiger partial charge is 0.273 e. The molecule has 0 saturated carbocycles. The van der Waals surface area contributed by atoms with Gasteiger partial charge in [-0.3, -0.25) is 14.9 Å². The Kier molecular flexibility index (Phi) is 4.37. The molecule has 0 radical (unpaired) electrons. The van der Waals surface area contributed by atoms with Gasteiger partial charge in [-0.05, 0) is 18.6 Å². The molecule has 0 aliphatic carbocycles. The summed E-state index contributed by atoms with van der Waals surface area (Å²) in [6.07, 6.45) is 3.93. The molecule has 128 valence electrons. The molecule has 0 bridgehead atoms. The first-order chi connectivity index (χ1) is 11.4. The summed E-state index contributed by atoms with van der Waals surface area (Å²) >= 11 is 0. The van der Waals surface area contributed by atoms with Crippen molar-refractivity contribution >= 4 is 15.7 Å². The second kappa shape index (κ2) is 6.33. The van der Waals surface area contributed by atoms with Crippen LogP contribution in [0, 0.1) is 6.92 Å². The van der Waals surface area contributed by atoms with E-state index in [1.165, 1.54) is 6.20 Å². The van der Waals surface area contributed by atoms with Gasteiger partial charge in [-0.25, -0.2) is 8.42 Å². The van der Waals surface area contributed by atoms with Gasteiger partial charge in [-0.1, -0.05) is 6.07 Å². The van der Waals surface area contributed by atoms with Gasteiger partial charge in [-0.15, -0.1) is 0 Å². The number of carbonyl (C=O) groups is 1. The number of aromatic amines is 1. The van der Waals surface area contributed by atoms with E-state index < -0.39 is 15.9 Å². The normalized spacial score (nSPS) is 18.6. The molecule has 0 aromatic carbocycles. The number of pyridine rings is 1. The monoisotopic (exact) mass is 350 g/mol. The van der Waals surface area contributed by atoms with E-state index in [0.717, 1.165) is 11.8 Å². The van der Waals surface area contributed by atoms with E-state index in [9.17, 15) is 13.2 Å². The number of H-pyrrole nitrogens is 1. The minimum Gasteiger partial charge on any atom is -0.377 e. The molecule has 9 heteroatoms. The van der Waals surface area contributed by atoms with Gasteiger partial charge in [-0.2, -0.15) is 5.10 Å². The molecule has 1 amide bonds. The molecule has 1 atom stereocenters. The van der Waals surface area contributed by atoms with Gasteiger partial charge in [0.05, 0.1) is 31.1 Å². The van der Waals surface area contributed by atoms with Gasteiger partial charge < -0.3 is 9.64 Å². The van der Waals surface area contributed by atoms with Crippen LogP contribution >= 0.6 is 0 Å². The summed E-state index contributed by atoms with van der Waals surface area (Å²) in [7, 11) is -3.46. The van der Waals surface area contributed by atoms with Crippen molar-refractivity contribution in [1.29, 1.82) is 0 Å². The zero-order valence-corrected chi connectivity index (χ0v) is 14.2. The molecule has 2 aromatic rings. The van der Waals surface area contributed by atoms with Crippen LogP contribution in [-0.2, 0) is 14.6 Å². The second-order valence-electron chi connectivity index (χ2n) is 5.68. The predicted molar refractivity (Wildman–Crippen MR) is 85.3 cm³/mol. The highest BCUT2D eigenvalue weighted by molar-refractivity contribution is 7.90. The number of morpholine rings is 1. The van der Waals surface area contributed by atoms with Crippen molar-refractivity contribution in [3.05, 3.63) is 41.5 Å². The Morgan fingerprint density at radius 3 is 2.96 bits per heavy atom. The molecule has 1 aliphatic heterocycles. The van der Waals surface area contributed by atoms with Crippen LogP contribution in [0.25, 0.3) is 0 Å². The Bertz CT molecular complexity index is 862. The lowest BCUT2D eigenvalue weighted by Gasteiger charge is -2.35. The van der Waals surface area contributed by atoms with Gasteiger partial charge in [0.25, 0.3) is 5.91 Å². The maximum atomic E-state index is 12.9. The van der Waals surface area contributed by atoms with Gasteiger partial charge in [0.1, 0.15) is 10.6 Å². The summed E-state index contributed by atoms with van der Waals surface area (Å²) in [6, 6.07) is 3.02. The quantitative estimate of drug-likeness (QED) is 0.875. The Hall–Kier alpha value is -2.26. The zero-order chi connectivity index (χ0) is 17.3. The maximum absolute atomic E-state index is 12.9. The van der Waals surface area contributed by atoms with Crippen LogP contribution in [0.3, 0.4) is 0 Å². The number of rotatable bonds is 3. The number of amides is 1. The number of nitrogens with zero attached hydrogens (tertiary/aromatic N) is 3. The molecule has 8 nitrogen and oxygen atoms in total. The minimum absolute atomic E-state index is 0.0774. The standard InChI is InChI=1S/C15H18N4O4S/c1-10-4-3-5-16-13(10)15(20)19-6-7-23-9-11(19)14-12(8-17-18-14)24(2,21)22/h3-5,8,11H,6-7,9H2,1-2H3,(H,17,18). The Balaban J connectivity index is 2.00. The van der Waals surface area contributed by atoms with Gasteiger partial charge in [0.15, 0.2) is 9.84 Å². The zero-order valence-electron chi connectivity index (χ0n) is 13.4. The first kappa shape index (κ1) is 16.6. The third kappa shape index (κ3) is 3.04. The van der Waals surface area contributed by atoms with Crippen LogP contribution in [-0.4, -0.2) is 60.4 Å². The van der Waals surface area contributed by atoms with E-state index in [1.54, 1.807) is 17.2 Å². The van der Waals surface area contributed by atoms with E-state index in [1.807, 2.05) is 13.0 Å². The average Bonchev–Trinajstić information content (AvgIpc) is 3.04. The third-order valence-corrected chi connectivity index (χ3v) is 5.09. The lowest BCUT2D eigenvalue weighted by atomic mass is 10.1. The average molecular weight is 350 g/mol. The molecule has 1 aliphatic rings. The highest BCUT2D eigenvalue weighted by Gasteiger charge is 2.34. The highest BCUT2D eigenvalue weighted by atomic mass is 32.2. The molecule has 0 spiro atoms. The van der Waals surface area contributed by atoms with Crippen molar-refractivity contribution < 1.29 is 17.9 Å². The van der Waals surface area contributed by atoms with Crippen LogP contribution in [0.2, 0.25) is 0 Å². The van der Waals surface area contributed by atoms with Crippen LogP contribution in [0.5, 0.6) is 0 Å². The fourth-order valence-electron chi connectivity index (χ4n) is 2.75. The molecule has 1 saturated heterocycles. The maximum Gasteiger partial charge on any atom is 0.273 e. The number of sulfone groups is 1. The summed E-state index contributed by atoms with van der Waals surface area (Å²) in [5.41, 5.74) is 1.48. The van der Waals surface area contributed by atoms with Crippen molar-refractivity contribution in [3.8, 4) is 0 Å². The number of hydrogen-bond donors (Lipinski definition) is 1. The van der Waals surface area contributed by atoms with Crippen LogP contribution < -0.4 is 0 Å². The summed E-state index contributed by atoms with van der Waals surface area (Å²) < 4.78 is 29.3. The first-order valence-electron chi connectivity index (χ1n) is 7.43. The number of nitrogens with one attached hydrogen (secondary N) is 1. The Labute approximate surface area is 139 Å². The molecule has 1 N–H and O–H groups in total. The molecule has 3 heterocycles. The molecule has 1 fully saturated rings. The van der Waals surface area contributed by atoms with Gasteiger partial charge in [0, 0.05) is 19.0 Å². The molecular formula is C15H18N4O4S. The summed E-state index contributed by atoms with van der Waals surface area (Å²) in [6.45, 7) is 2.74. The van der Waals surface area contributed by atoms with Crippen molar-refractivity contribution in [2.24, 2.45) is 0 Å². The fourth-order valence-corrected chi connectivity index (χ4v) is 3.58. The number of carbonyl (C=O) groups excluding carboxylic acids is 1. The lowest BCUT2D eigenvalue weighted by Crippen LogP contribution is -2.44. The number of aromatic nitrogens is 3.